The number of rotatable bonds is 7. The van der Waals surface area contributed by atoms with E-state index in [4.69, 9.17) is 4.74 Å². The van der Waals surface area contributed by atoms with Gasteiger partial charge < -0.3 is 15.4 Å². The van der Waals surface area contributed by atoms with E-state index in [9.17, 15) is 19.2 Å². The van der Waals surface area contributed by atoms with Gasteiger partial charge in [-0.1, -0.05) is 32.0 Å². The molecule has 0 spiro atoms. The highest BCUT2D eigenvalue weighted by molar-refractivity contribution is 5.99. The topological polar surface area (TPSA) is 114 Å². The maximum Gasteiger partial charge on any atom is 0.329 e. The molecule has 0 heterocycles. The van der Waals surface area contributed by atoms with Crippen molar-refractivity contribution in [2.75, 3.05) is 0 Å². The largest absolute Gasteiger partial charge is 0.451 e. The zero-order valence-corrected chi connectivity index (χ0v) is 17.2. The van der Waals surface area contributed by atoms with Gasteiger partial charge in [0.25, 0.3) is 11.8 Å². The van der Waals surface area contributed by atoms with Crippen molar-refractivity contribution in [3.8, 4) is 0 Å². The number of urea groups is 1. The fourth-order valence-corrected chi connectivity index (χ4v) is 2.36. The minimum absolute atomic E-state index is 0.146. The Morgan fingerprint density at radius 1 is 0.929 bits per heavy atom. The number of hydrogen-bond acceptors (Lipinski definition) is 5. The average Bonchev–Trinajstić information content (AvgIpc) is 2.58. The Kier molecular flexibility index (Phi) is 8.63. The molecule has 0 unspecified atom stereocenters. The fraction of sp³-hybridized carbons (Fsp3) is 0.500. The van der Waals surface area contributed by atoms with Gasteiger partial charge in [-0.3, -0.25) is 14.9 Å². The van der Waals surface area contributed by atoms with Gasteiger partial charge in [-0.05, 0) is 45.2 Å². The summed E-state index contributed by atoms with van der Waals surface area (Å²) in [6.45, 7) is 10.2. The molecule has 1 rings (SSSR count). The summed E-state index contributed by atoms with van der Waals surface area (Å²) in [5.41, 5.74) is 1.23. The molecule has 0 aliphatic carbocycles. The molecule has 0 fully saturated rings. The number of ether oxygens (including phenoxy) is 1. The van der Waals surface area contributed by atoms with Crippen molar-refractivity contribution in [3.63, 3.8) is 0 Å². The van der Waals surface area contributed by atoms with E-state index in [1.54, 1.807) is 52.8 Å². The first-order chi connectivity index (χ1) is 13.0. The van der Waals surface area contributed by atoms with Crippen molar-refractivity contribution >= 4 is 23.8 Å². The van der Waals surface area contributed by atoms with Crippen LogP contribution in [0.15, 0.2) is 24.3 Å². The van der Waals surface area contributed by atoms with E-state index < -0.39 is 36.0 Å². The number of nitrogens with one attached hydrogen (secondary N) is 3. The predicted octanol–water partition coefficient (Wildman–Crippen LogP) is 1.92. The van der Waals surface area contributed by atoms with Crippen LogP contribution in [0.3, 0.4) is 0 Å². The third kappa shape index (κ3) is 7.02. The first kappa shape index (κ1) is 23.1. The Bertz CT molecular complexity index is 730. The van der Waals surface area contributed by atoms with Gasteiger partial charge in [-0.25, -0.2) is 9.59 Å². The summed E-state index contributed by atoms with van der Waals surface area (Å²) in [6, 6.07) is 5.26. The molecule has 0 aliphatic heterocycles. The van der Waals surface area contributed by atoms with Gasteiger partial charge in [-0.2, -0.15) is 0 Å². The van der Waals surface area contributed by atoms with E-state index in [2.05, 4.69) is 16.0 Å². The molecule has 0 saturated carbocycles. The summed E-state index contributed by atoms with van der Waals surface area (Å²) in [5.74, 6) is -2.16. The van der Waals surface area contributed by atoms with E-state index >= 15 is 0 Å². The lowest BCUT2D eigenvalue weighted by atomic mass is 10.0. The molecule has 8 heteroatoms. The molecule has 3 N–H and O–H groups in total. The maximum absolute atomic E-state index is 12.5. The fourth-order valence-electron chi connectivity index (χ4n) is 2.36. The lowest BCUT2D eigenvalue weighted by molar-refractivity contribution is -0.157. The van der Waals surface area contributed by atoms with Gasteiger partial charge in [0.05, 0.1) is 0 Å². The van der Waals surface area contributed by atoms with Crippen LogP contribution in [0.25, 0.3) is 0 Å². The van der Waals surface area contributed by atoms with Gasteiger partial charge in [0, 0.05) is 11.6 Å². The summed E-state index contributed by atoms with van der Waals surface area (Å²) < 4.78 is 5.16. The van der Waals surface area contributed by atoms with Crippen molar-refractivity contribution in [2.45, 2.75) is 59.7 Å². The first-order valence-electron chi connectivity index (χ1n) is 9.21. The Morgan fingerprint density at radius 2 is 1.54 bits per heavy atom. The van der Waals surface area contributed by atoms with Gasteiger partial charge in [0.2, 0.25) is 0 Å². The third-order valence-electron chi connectivity index (χ3n) is 3.92. The SMILES string of the molecule is Cc1ccccc1C(=O)N[C@H](C(=O)O[C@H](C)C(=O)NC(=O)NC(C)C)C(C)C. The summed E-state index contributed by atoms with van der Waals surface area (Å²) in [7, 11) is 0. The monoisotopic (exact) mass is 391 g/mol. The molecule has 4 amide bonds. The number of imide groups is 1. The van der Waals surface area contributed by atoms with Crippen molar-refractivity contribution in [1.82, 2.24) is 16.0 Å². The quantitative estimate of drug-likeness (QED) is 0.615. The molecule has 0 bridgehead atoms. The van der Waals surface area contributed by atoms with Crippen LogP contribution in [0.4, 0.5) is 4.79 Å². The van der Waals surface area contributed by atoms with Gasteiger partial charge in [-0.15, -0.1) is 0 Å². The number of carbonyl (C=O) groups is 4. The first-order valence-corrected chi connectivity index (χ1v) is 9.21. The number of carbonyl (C=O) groups excluding carboxylic acids is 4. The molecule has 154 valence electrons. The van der Waals surface area contributed by atoms with Crippen LogP contribution in [0.2, 0.25) is 0 Å². The minimum atomic E-state index is -1.19. The number of amides is 4. The summed E-state index contributed by atoms with van der Waals surface area (Å²) >= 11 is 0. The smallest absolute Gasteiger partial charge is 0.329 e. The van der Waals surface area contributed by atoms with Crippen molar-refractivity contribution in [1.29, 1.82) is 0 Å². The molecular formula is C20H29N3O5. The van der Waals surface area contributed by atoms with E-state index in [1.165, 1.54) is 6.92 Å². The van der Waals surface area contributed by atoms with Crippen molar-refractivity contribution in [2.24, 2.45) is 5.92 Å². The zero-order chi connectivity index (χ0) is 21.4. The minimum Gasteiger partial charge on any atom is -0.451 e. The Labute approximate surface area is 165 Å². The Morgan fingerprint density at radius 3 is 2.07 bits per heavy atom. The molecule has 28 heavy (non-hydrogen) atoms. The van der Waals surface area contributed by atoms with E-state index in [-0.39, 0.29) is 12.0 Å². The van der Waals surface area contributed by atoms with E-state index in [1.807, 2.05) is 6.07 Å². The number of esters is 1. The average molecular weight is 391 g/mol. The zero-order valence-electron chi connectivity index (χ0n) is 17.2. The lowest BCUT2D eigenvalue weighted by Crippen LogP contribution is -2.50. The van der Waals surface area contributed by atoms with Crippen LogP contribution < -0.4 is 16.0 Å². The number of benzene rings is 1. The molecule has 2 atom stereocenters. The van der Waals surface area contributed by atoms with E-state index in [0.717, 1.165) is 5.56 Å². The molecule has 1 aromatic carbocycles. The van der Waals surface area contributed by atoms with Crippen LogP contribution in [0.1, 0.15) is 50.5 Å². The second-order valence-corrected chi connectivity index (χ2v) is 7.21. The molecule has 1 aromatic rings. The summed E-state index contributed by atoms with van der Waals surface area (Å²) in [6.07, 6.45) is -1.19. The molecule has 0 aromatic heterocycles. The highest BCUT2D eigenvalue weighted by Gasteiger charge is 2.30. The number of hydrogen-bond donors (Lipinski definition) is 3. The summed E-state index contributed by atoms with van der Waals surface area (Å²) in [4.78, 5) is 48.6. The van der Waals surface area contributed by atoms with Crippen molar-refractivity contribution in [3.05, 3.63) is 35.4 Å². The molecule has 8 nitrogen and oxygen atoms in total. The maximum atomic E-state index is 12.5. The third-order valence-corrected chi connectivity index (χ3v) is 3.92. The normalized spacial score (nSPS) is 12.9. The Balaban J connectivity index is 2.74. The Hall–Kier alpha value is -2.90. The van der Waals surface area contributed by atoms with Crippen LogP contribution in [0.5, 0.6) is 0 Å². The standard InChI is InChI=1S/C20H29N3O5/c1-11(2)16(22-18(25)15-10-8-7-9-13(15)5)19(26)28-14(6)17(24)23-20(27)21-12(3)4/h7-12,14,16H,1-6H3,(H,22,25)(H2,21,23,24,27)/t14-,16+/m1/s1. The summed E-state index contributed by atoms with van der Waals surface area (Å²) in [5, 5.41) is 7.27. The van der Waals surface area contributed by atoms with Crippen LogP contribution in [-0.4, -0.2) is 42.0 Å². The molecule has 0 aliphatic rings. The van der Waals surface area contributed by atoms with Crippen LogP contribution in [-0.2, 0) is 14.3 Å². The molecule has 0 saturated heterocycles. The van der Waals surface area contributed by atoms with Crippen molar-refractivity contribution < 1.29 is 23.9 Å². The molecule has 0 radical (unpaired) electrons. The highest BCUT2D eigenvalue weighted by Crippen LogP contribution is 2.11. The van der Waals surface area contributed by atoms with Gasteiger partial charge in [0.15, 0.2) is 6.10 Å². The van der Waals surface area contributed by atoms with Crippen LogP contribution in [0, 0.1) is 12.8 Å². The second-order valence-electron chi connectivity index (χ2n) is 7.21. The van der Waals surface area contributed by atoms with Gasteiger partial charge >= 0.3 is 12.0 Å². The van der Waals surface area contributed by atoms with Crippen LogP contribution >= 0.6 is 0 Å². The van der Waals surface area contributed by atoms with Gasteiger partial charge in [0.1, 0.15) is 6.04 Å². The molecular weight excluding hydrogens is 362 g/mol. The highest BCUT2D eigenvalue weighted by atomic mass is 16.5. The number of aryl methyl sites for hydroxylation is 1. The predicted molar refractivity (Wildman–Crippen MR) is 105 cm³/mol. The second kappa shape index (κ2) is 10.4. The lowest BCUT2D eigenvalue weighted by Gasteiger charge is -2.23. The van der Waals surface area contributed by atoms with E-state index in [0.29, 0.717) is 5.56 Å².